The SMILES string of the molecule is CN(Cc1ccc(Br)cc1)C(=O)C1(N)CC1. The average Bonchev–Trinajstić information content (AvgIpc) is 3.00. The third kappa shape index (κ3) is 2.44. The largest absolute Gasteiger partial charge is 0.340 e. The molecule has 86 valence electrons. The van der Waals surface area contributed by atoms with Crippen LogP contribution in [-0.2, 0) is 11.3 Å². The summed E-state index contributed by atoms with van der Waals surface area (Å²) in [5.74, 6) is 0.0513. The van der Waals surface area contributed by atoms with E-state index in [1.807, 2.05) is 24.3 Å². The second kappa shape index (κ2) is 4.18. The third-order valence-electron chi connectivity index (χ3n) is 2.89. The Balaban J connectivity index is 1.99. The lowest BCUT2D eigenvalue weighted by atomic mass is 10.2. The summed E-state index contributed by atoms with van der Waals surface area (Å²) in [4.78, 5) is 13.6. The molecule has 2 N–H and O–H groups in total. The van der Waals surface area contributed by atoms with Gasteiger partial charge in [0.1, 0.15) is 0 Å². The minimum Gasteiger partial charge on any atom is -0.340 e. The topological polar surface area (TPSA) is 46.3 Å². The molecule has 4 heteroatoms. The van der Waals surface area contributed by atoms with E-state index in [2.05, 4.69) is 15.9 Å². The molecule has 2 rings (SSSR count). The molecule has 16 heavy (non-hydrogen) atoms. The van der Waals surface area contributed by atoms with Gasteiger partial charge in [0.25, 0.3) is 0 Å². The van der Waals surface area contributed by atoms with Crippen LogP contribution in [0.1, 0.15) is 18.4 Å². The van der Waals surface area contributed by atoms with Crippen LogP contribution in [-0.4, -0.2) is 23.4 Å². The van der Waals surface area contributed by atoms with E-state index in [1.165, 1.54) is 0 Å². The number of nitrogens with zero attached hydrogens (tertiary/aromatic N) is 1. The van der Waals surface area contributed by atoms with E-state index >= 15 is 0 Å². The summed E-state index contributed by atoms with van der Waals surface area (Å²) in [7, 11) is 1.80. The predicted octanol–water partition coefficient (Wildman–Crippen LogP) is 1.90. The number of rotatable bonds is 3. The Morgan fingerprint density at radius 1 is 1.44 bits per heavy atom. The number of hydrogen-bond donors (Lipinski definition) is 1. The van der Waals surface area contributed by atoms with E-state index in [1.54, 1.807) is 11.9 Å². The lowest BCUT2D eigenvalue weighted by Crippen LogP contribution is -2.43. The molecule has 0 atom stereocenters. The average molecular weight is 283 g/mol. The summed E-state index contributed by atoms with van der Waals surface area (Å²) in [6, 6.07) is 7.96. The van der Waals surface area contributed by atoms with Crippen LogP contribution in [0.15, 0.2) is 28.7 Å². The number of carbonyl (C=O) groups is 1. The van der Waals surface area contributed by atoms with Gasteiger partial charge < -0.3 is 10.6 Å². The summed E-state index contributed by atoms with van der Waals surface area (Å²) in [6.07, 6.45) is 1.63. The molecule has 1 aromatic rings. The second-order valence-corrected chi connectivity index (χ2v) is 5.36. The van der Waals surface area contributed by atoms with Crippen LogP contribution in [0.25, 0.3) is 0 Å². The summed E-state index contributed by atoms with van der Waals surface area (Å²) < 4.78 is 1.04. The van der Waals surface area contributed by atoms with Crippen molar-refractivity contribution in [2.45, 2.75) is 24.9 Å². The van der Waals surface area contributed by atoms with E-state index in [4.69, 9.17) is 5.73 Å². The zero-order valence-electron chi connectivity index (χ0n) is 9.24. The minimum atomic E-state index is -0.565. The Morgan fingerprint density at radius 3 is 2.50 bits per heavy atom. The zero-order chi connectivity index (χ0) is 11.8. The highest BCUT2D eigenvalue weighted by molar-refractivity contribution is 9.10. The molecule has 0 radical (unpaired) electrons. The first-order chi connectivity index (χ1) is 7.51. The smallest absolute Gasteiger partial charge is 0.242 e. The molecule has 0 unspecified atom stereocenters. The number of amides is 1. The van der Waals surface area contributed by atoms with Crippen LogP contribution in [0.2, 0.25) is 0 Å². The summed E-state index contributed by atoms with van der Waals surface area (Å²) in [5.41, 5.74) is 6.42. The van der Waals surface area contributed by atoms with E-state index in [0.29, 0.717) is 6.54 Å². The molecule has 3 nitrogen and oxygen atoms in total. The first kappa shape index (κ1) is 11.6. The predicted molar refractivity (Wildman–Crippen MR) is 66.8 cm³/mol. The molecule has 0 bridgehead atoms. The number of halogens is 1. The van der Waals surface area contributed by atoms with Gasteiger partial charge in [-0.25, -0.2) is 0 Å². The van der Waals surface area contributed by atoms with Crippen LogP contribution in [0, 0.1) is 0 Å². The van der Waals surface area contributed by atoms with Gasteiger partial charge >= 0.3 is 0 Å². The molecule has 0 heterocycles. The maximum absolute atomic E-state index is 11.9. The number of benzene rings is 1. The third-order valence-corrected chi connectivity index (χ3v) is 3.42. The van der Waals surface area contributed by atoms with E-state index < -0.39 is 5.54 Å². The molecule has 0 spiro atoms. The van der Waals surface area contributed by atoms with Crippen LogP contribution in [0.5, 0.6) is 0 Å². The Morgan fingerprint density at radius 2 is 2.00 bits per heavy atom. The van der Waals surface area contributed by atoms with Crippen molar-refractivity contribution in [1.29, 1.82) is 0 Å². The molecule has 0 saturated heterocycles. The zero-order valence-corrected chi connectivity index (χ0v) is 10.8. The molecule has 0 aromatic heterocycles. The quantitative estimate of drug-likeness (QED) is 0.921. The van der Waals surface area contributed by atoms with Crippen LogP contribution >= 0.6 is 15.9 Å². The summed E-state index contributed by atoms with van der Waals surface area (Å²) in [5, 5.41) is 0. The molecule has 1 aromatic carbocycles. The number of nitrogens with two attached hydrogens (primary N) is 1. The van der Waals surface area contributed by atoms with Gasteiger partial charge in [0, 0.05) is 18.1 Å². The van der Waals surface area contributed by atoms with Gasteiger partial charge in [-0.3, -0.25) is 4.79 Å². The minimum absolute atomic E-state index is 0.0513. The fraction of sp³-hybridized carbons (Fsp3) is 0.417. The Hall–Kier alpha value is -0.870. The maximum atomic E-state index is 11.9. The second-order valence-electron chi connectivity index (χ2n) is 4.44. The van der Waals surface area contributed by atoms with Crippen molar-refractivity contribution in [2.24, 2.45) is 5.73 Å². The first-order valence-electron chi connectivity index (χ1n) is 5.30. The molecule has 0 aliphatic heterocycles. The fourth-order valence-electron chi connectivity index (χ4n) is 1.66. The van der Waals surface area contributed by atoms with Crippen LogP contribution in [0.4, 0.5) is 0 Å². The number of hydrogen-bond acceptors (Lipinski definition) is 2. The van der Waals surface area contributed by atoms with Crippen molar-refractivity contribution in [3.05, 3.63) is 34.3 Å². The van der Waals surface area contributed by atoms with Crippen molar-refractivity contribution in [3.8, 4) is 0 Å². The van der Waals surface area contributed by atoms with Crippen molar-refractivity contribution in [2.75, 3.05) is 7.05 Å². The molecule has 1 aliphatic rings. The maximum Gasteiger partial charge on any atom is 0.242 e. The van der Waals surface area contributed by atoms with Crippen molar-refractivity contribution in [3.63, 3.8) is 0 Å². The van der Waals surface area contributed by atoms with Gasteiger partial charge in [0.05, 0.1) is 5.54 Å². The van der Waals surface area contributed by atoms with Gasteiger partial charge in [-0.2, -0.15) is 0 Å². The molecule has 1 amide bonds. The first-order valence-corrected chi connectivity index (χ1v) is 6.09. The van der Waals surface area contributed by atoms with Gasteiger partial charge in [0.2, 0.25) is 5.91 Å². The van der Waals surface area contributed by atoms with Gasteiger partial charge in [0.15, 0.2) is 0 Å². The fourth-order valence-corrected chi connectivity index (χ4v) is 1.93. The van der Waals surface area contributed by atoms with Crippen LogP contribution < -0.4 is 5.73 Å². The van der Waals surface area contributed by atoms with Crippen molar-refractivity contribution in [1.82, 2.24) is 4.90 Å². The Bertz CT molecular complexity index is 398. The van der Waals surface area contributed by atoms with E-state index in [0.717, 1.165) is 22.9 Å². The summed E-state index contributed by atoms with van der Waals surface area (Å²) in [6.45, 7) is 0.616. The Labute approximate surface area is 104 Å². The number of carbonyl (C=O) groups excluding carboxylic acids is 1. The molecular formula is C12H15BrN2O. The molecule has 1 saturated carbocycles. The van der Waals surface area contributed by atoms with Gasteiger partial charge in [-0.05, 0) is 30.5 Å². The lowest BCUT2D eigenvalue weighted by Gasteiger charge is -2.20. The van der Waals surface area contributed by atoms with E-state index in [-0.39, 0.29) is 5.91 Å². The lowest BCUT2D eigenvalue weighted by molar-refractivity contribution is -0.132. The van der Waals surface area contributed by atoms with Crippen molar-refractivity contribution >= 4 is 21.8 Å². The van der Waals surface area contributed by atoms with Gasteiger partial charge in [-0.15, -0.1) is 0 Å². The van der Waals surface area contributed by atoms with Crippen molar-refractivity contribution < 1.29 is 4.79 Å². The highest BCUT2D eigenvalue weighted by atomic mass is 79.9. The highest BCUT2D eigenvalue weighted by Gasteiger charge is 2.47. The number of likely N-dealkylation sites (N-methyl/N-ethyl adjacent to an activating group) is 1. The highest BCUT2D eigenvalue weighted by Crippen LogP contribution is 2.34. The molecular weight excluding hydrogens is 268 g/mol. The Kier molecular flexibility index (Phi) is 3.04. The van der Waals surface area contributed by atoms with Crippen LogP contribution in [0.3, 0.4) is 0 Å². The monoisotopic (exact) mass is 282 g/mol. The van der Waals surface area contributed by atoms with E-state index in [9.17, 15) is 4.79 Å². The standard InChI is InChI=1S/C12H15BrN2O/c1-15(11(16)12(14)6-7-12)8-9-2-4-10(13)5-3-9/h2-5H,6-8,14H2,1H3. The normalized spacial score (nSPS) is 16.9. The van der Waals surface area contributed by atoms with Gasteiger partial charge in [-0.1, -0.05) is 28.1 Å². The summed E-state index contributed by atoms with van der Waals surface area (Å²) >= 11 is 3.38. The molecule has 1 aliphatic carbocycles. The molecule has 1 fully saturated rings.